The van der Waals surface area contributed by atoms with E-state index in [4.69, 9.17) is 0 Å². The first-order valence-corrected chi connectivity index (χ1v) is 6.90. The molecule has 1 aliphatic rings. The summed E-state index contributed by atoms with van der Waals surface area (Å²) in [6, 6.07) is 0.778. The van der Waals surface area contributed by atoms with Gasteiger partial charge in [-0.05, 0) is 32.2 Å². The van der Waals surface area contributed by atoms with Crippen LogP contribution in [0.1, 0.15) is 46.5 Å². The lowest BCUT2D eigenvalue weighted by Crippen LogP contribution is -2.33. The molecule has 1 aliphatic carbocycles. The maximum atomic E-state index is 3.42. The first-order valence-electron chi connectivity index (χ1n) is 5.96. The summed E-state index contributed by atoms with van der Waals surface area (Å²) >= 11 is 2.21. The average molecular weight is 215 g/mol. The van der Waals surface area contributed by atoms with E-state index < -0.39 is 0 Å². The summed E-state index contributed by atoms with van der Waals surface area (Å²) in [4.78, 5) is 0. The predicted octanol–water partition coefficient (Wildman–Crippen LogP) is 3.29. The Kier molecular flexibility index (Phi) is 5.32. The molecule has 0 saturated heterocycles. The van der Waals surface area contributed by atoms with Gasteiger partial charge in [-0.15, -0.1) is 0 Å². The van der Waals surface area contributed by atoms with Crippen molar-refractivity contribution in [1.82, 2.24) is 5.32 Å². The third-order valence-electron chi connectivity index (χ3n) is 3.38. The number of nitrogens with one attached hydrogen (secondary N) is 1. The summed E-state index contributed by atoms with van der Waals surface area (Å²) < 4.78 is 0. The van der Waals surface area contributed by atoms with Crippen molar-refractivity contribution in [2.24, 2.45) is 5.92 Å². The van der Waals surface area contributed by atoms with Gasteiger partial charge in [-0.1, -0.05) is 27.2 Å². The summed E-state index contributed by atoms with van der Waals surface area (Å²) in [5.41, 5.74) is 0. The molecular formula is C12H25NS. The van der Waals surface area contributed by atoms with Crippen LogP contribution in [0, 0.1) is 5.92 Å². The van der Waals surface area contributed by atoms with E-state index in [0.717, 1.165) is 22.5 Å². The van der Waals surface area contributed by atoms with Gasteiger partial charge in [0.25, 0.3) is 0 Å². The molecule has 1 N–H and O–H groups in total. The molecule has 0 aromatic heterocycles. The van der Waals surface area contributed by atoms with Crippen LogP contribution < -0.4 is 5.32 Å². The predicted molar refractivity (Wildman–Crippen MR) is 67.0 cm³/mol. The van der Waals surface area contributed by atoms with Gasteiger partial charge in [-0.2, -0.15) is 11.8 Å². The van der Waals surface area contributed by atoms with E-state index in [1.54, 1.807) is 0 Å². The molecule has 0 bridgehead atoms. The maximum Gasteiger partial charge on any atom is 0.00746 e. The summed E-state index contributed by atoms with van der Waals surface area (Å²) in [7, 11) is 2.10. The van der Waals surface area contributed by atoms with E-state index in [-0.39, 0.29) is 0 Å². The zero-order valence-electron chi connectivity index (χ0n) is 10.0. The van der Waals surface area contributed by atoms with E-state index in [1.807, 2.05) is 0 Å². The van der Waals surface area contributed by atoms with E-state index in [0.29, 0.717) is 0 Å². The average Bonchev–Trinajstić information content (AvgIpc) is 2.18. The van der Waals surface area contributed by atoms with Crippen LogP contribution >= 0.6 is 11.8 Å². The van der Waals surface area contributed by atoms with Gasteiger partial charge in [0, 0.05) is 16.5 Å². The molecule has 3 unspecified atom stereocenters. The van der Waals surface area contributed by atoms with Gasteiger partial charge in [0.05, 0.1) is 0 Å². The minimum absolute atomic E-state index is 0.778. The fourth-order valence-electron chi connectivity index (χ4n) is 1.99. The molecule has 2 heteroatoms. The molecule has 84 valence electrons. The highest BCUT2D eigenvalue weighted by Gasteiger charge is 2.23. The van der Waals surface area contributed by atoms with Gasteiger partial charge in [-0.25, -0.2) is 0 Å². The minimum atomic E-state index is 0.778. The maximum absolute atomic E-state index is 3.42. The third kappa shape index (κ3) is 3.82. The van der Waals surface area contributed by atoms with Crippen LogP contribution in [-0.2, 0) is 0 Å². The third-order valence-corrected chi connectivity index (χ3v) is 5.17. The molecule has 0 aromatic carbocycles. The van der Waals surface area contributed by atoms with Gasteiger partial charge < -0.3 is 5.32 Å². The number of hydrogen-bond acceptors (Lipinski definition) is 2. The van der Waals surface area contributed by atoms with Crippen LogP contribution in [0.3, 0.4) is 0 Å². The number of hydrogen-bond donors (Lipinski definition) is 1. The molecule has 3 atom stereocenters. The molecule has 1 nitrogen and oxygen atoms in total. The highest BCUT2D eigenvalue weighted by atomic mass is 32.2. The molecule has 0 spiro atoms. The second kappa shape index (κ2) is 6.02. The second-order valence-electron chi connectivity index (χ2n) is 4.86. The zero-order valence-corrected chi connectivity index (χ0v) is 10.9. The van der Waals surface area contributed by atoms with E-state index in [2.05, 4.69) is 44.9 Å². The standard InChI is InChI=1S/C12H25NS/c1-9(2)10(3)14-12-7-5-6-11(8-12)13-4/h9-13H,5-8H2,1-4H3. The van der Waals surface area contributed by atoms with Crippen molar-refractivity contribution in [2.75, 3.05) is 7.05 Å². The summed E-state index contributed by atoms with van der Waals surface area (Å²) in [6.07, 6.45) is 5.59. The van der Waals surface area contributed by atoms with Crippen molar-refractivity contribution in [2.45, 2.75) is 63.0 Å². The first kappa shape index (κ1) is 12.4. The van der Waals surface area contributed by atoms with Gasteiger partial charge in [-0.3, -0.25) is 0 Å². The van der Waals surface area contributed by atoms with Crippen molar-refractivity contribution < 1.29 is 0 Å². The van der Waals surface area contributed by atoms with E-state index in [1.165, 1.54) is 25.7 Å². The Hall–Kier alpha value is 0.310. The minimum Gasteiger partial charge on any atom is -0.317 e. The highest BCUT2D eigenvalue weighted by Crippen LogP contribution is 2.33. The molecular weight excluding hydrogens is 190 g/mol. The van der Waals surface area contributed by atoms with Crippen molar-refractivity contribution in [3.05, 3.63) is 0 Å². The van der Waals surface area contributed by atoms with Crippen LogP contribution in [0.25, 0.3) is 0 Å². The molecule has 1 saturated carbocycles. The molecule has 0 aromatic rings. The topological polar surface area (TPSA) is 12.0 Å². The molecule has 14 heavy (non-hydrogen) atoms. The molecule has 0 heterocycles. The normalized spacial score (nSPS) is 30.6. The van der Waals surface area contributed by atoms with Gasteiger partial charge >= 0.3 is 0 Å². The van der Waals surface area contributed by atoms with Crippen LogP contribution in [0.15, 0.2) is 0 Å². The number of thioether (sulfide) groups is 1. The Morgan fingerprint density at radius 1 is 1.21 bits per heavy atom. The van der Waals surface area contributed by atoms with Gasteiger partial charge in [0.1, 0.15) is 0 Å². The van der Waals surface area contributed by atoms with Crippen molar-refractivity contribution in [1.29, 1.82) is 0 Å². The lowest BCUT2D eigenvalue weighted by Gasteiger charge is -2.31. The Bertz CT molecular complexity index is 158. The Balaban J connectivity index is 2.30. The van der Waals surface area contributed by atoms with Gasteiger partial charge in [0.15, 0.2) is 0 Å². The number of rotatable bonds is 4. The fourth-order valence-corrected chi connectivity index (χ4v) is 3.56. The first-order chi connectivity index (χ1) is 6.63. The van der Waals surface area contributed by atoms with Crippen LogP contribution in [-0.4, -0.2) is 23.6 Å². The quantitative estimate of drug-likeness (QED) is 0.772. The van der Waals surface area contributed by atoms with Crippen molar-refractivity contribution in [3.8, 4) is 0 Å². The van der Waals surface area contributed by atoms with Crippen LogP contribution in [0.5, 0.6) is 0 Å². The Morgan fingerprint density at radius 2 is 1.93 bits per heavy atom. The van der Waals surface area contributed by atoms with Crippen molar-refractivity contribution >= 4 is 11.8 Å². The molecule has 1 rings (SSSR count). The summed E-state index contributed by atoms with van der Waals surface area (Å²) in [5, 5.41) is 5.14. The summed E-state index contributed by atoms with van der Waals surface area (Å²) in [5.74, 6) is 0.815. The van der Waals surface area contributed by atoms with Gasteiger partial charge in [0.2, 0.25) is 0 Å². The van der Waals surface area contributed by atoms with Crippen LogP contribution in [0.4, 0.5) is 0 Å². The second-order valence-corrected chi connectivity index (χ2v) is 6.54. The highest BCUT2D eigenvalue weighted by molar-refractivity contribution is 8.00. The molecule has 1 fully saturated rings. The SMILES string of the molecule is CNC1CCCC(SC(C)C(C)C)C1. The molecule has 0 radical (unpaired) electrons. The van der Waals surface area contributed by atoms with E-state index >= 15 is 0 Å². The monoisotopic (exact) mass is 215 g/mol. The molecule has 0 amide bonds. The fraction of sp³-hybridized carbons (Fsp3) is 1.00. The molecule has 0 aliphatic heterocycles. The smallest absolute Gasteiger partial charge is 0.00746 e. The Morgan fingerprint density at radius 3 is 2.50 bits per heavy atom. The zero-order chi connectivity index (χ0) is 10.6. The van der Waals surface area contributed by atoms with E-state index in [9.17, 15) is 0 Å². The lowest BCUT2D eigenvalue weighted by molar-refractivity contribution is 0.401. The Labute approximate surface area is 93.4 Å². The lowest BCUT2D eigenvalue weighted by atomic mass is 9.95. The summed E-state index contributed by atoms with van der Waals surface area (Å²) in [6.45, 7) is 7.03. The van der Waals surface area contributed by atoms with Crippen LogP contribution in [0.2, 0.25) is 0 Å². The largest absolute Gasteiger partial charge is 0.317 e. The van der Waals surface area contributed by atoms with Crippen molar-refractivity contribution in [3.63, 3.8) is 0 Å².